The predicted molar refractivity (Wildman–Crippen MR) is 98.8 cm³/mol. The van der Waals surface area contributed by atoms with Crippen molar-refractivity contribution in [2.45, 2.75) is 51.0 Å². The van der Waals surface area contributed by atoms with Crippen LogP contribution in [0.4, 0.5) is 0 Å². The van der Waals surface area contributed by atoms with Crippen LogP contribution in [0.15, 0.2) is 12.5 Å². The number of nitrogens with one attached hydrogen (secondary N) is 2. The highest BCUT2D eigenvalue weighted by Gasteiger charge is 2.23. The summed E-state index contributed by atoms with van der Waals surface area (Å²) in [7, 11) is 0. The van der Waals surface area contributed by atoms with E-state index in [4.69, 9.17) is 10.5 Å². The number of amides is 1. The first-order valence-corrected chi connectivity index (χ1v) is 9.19. The maximum Gasteiger partial charge on any atom is 0.329 e. The summed E-state index contributed by atoms with van der Waals surface area (Å²) < 4.78 is 5.20. The number of rotatable bonds is 15. The number of imidazole rings is 1. The molecule has 0 saturated heterocycles. The third kappa shape index (κ3) is 10.4. The maximum atomic E-state index is 12.3. The summed E-state index contributed by atoms with van der Waals surface area (Å²) in [6.07, 6.45) is 5.10. The normalized spacial score (nSPS) is 11.6. The minimum absolute atomic E-state index is 0.0429. The molecular formula is C17H27N5O6. The zero-order valence-electron chi connectivity index (χ0n) is 15.7. The summed E-state index contributed by atoms with van der Waals surface area (Å²) in [5.74, 6) is -0.968. The van der Waals surface area contributed by atoms with Gasteiger partial charge in [-0.25, -0.2) is 9.78 Å². The third-order valence-electron chi connectivity index (χ3n) is 3.85. The van der Waals surface area contributed by atoms with Crippen LogP contribution in [-0.2, 0) is 25.5 Å². The summed E-state index contributed by atoms with van der Waals surface area (Å²) in [5.41, 5.74) is 5.95. The van der Waals surface area contributed by atoms with Crippen molar-refractivity contribution in [1.82, 2.24) is 15.3 Å². The van der Waals surface area contributed by atoms with Gasteiger partial charge in [0.2, 0.25) is 12.5 Å². The number of carbonyl (C=O) groups is 3. The lowest BCUT2D eigenvalue weighted by atomic mass is 10.1. The first-order chi connectivity index (χ1) is 13.4. The molecule has 1 aromatic rings. The number of hydrogen-bond donors (Lipinski definition) is 3. The number of unbranched alkanes of at least 4 members (excludes halogenated alkanes) is 1. The molecule has 1 aromatic heterocycles. The van der Waals surface area contributed by atoms with E-state index in [2.05, 4.69) is 15.3 Å². The highest BCUT2D eigenvalue weighted by atomic mass is 16.6. The number of Topliss-reactive ketones (excluding diaryl/α,β-unsaturated/α-hetero) is 1. The summed E-state index contributed by atoms with van der Waals surface area (Å²) in [6, 6.07) is -0.869. The molecule has 0 spiro atoms. The fraction of sp³-hybridized carbons (Fsp3) is 0.647. The first-order valence-electron chi connectivity index (χ1n) is 9.19. The van der Waals surface area contributed by atoms with Crippen molar-refractivity contribution in [3.8, 4) is 0 Å². The lowest BCUT2D eigenvalue weighted by Gasteiger charge is -2.16. The molecule has 1 rings (SSSR count). The summed E-state index contributed by atoms with van der Waals surface area (Å²) in [6.45, 7) is 0.0765. The van der Waals surface area contributed by atoms with E-state index in [1.807, 2.05) is 0 Å². The molecule has 0 aromatic carbocycles. The number of nitrogens with two attached hydrogens (primary N) is 1. The average molecular weight is 397 g/mol. The monoisotopic (exact) mass is 397 g/mol. The average Bonchev–Trinajstić information content (AvgIpc) is 3.13. The minimum Gasteiger partial charge on any atom is -0.464 e. The topological polar surface area (TPSA) is 170 Å². The van der Waals surface area contributed by atoms with Gasteiger partial charge in [0.15, 0.2) is 0 Å². The predicted octanol–water partition coefficient (Wildman–Crippen LogP) is 0.125. The zero-order chi connectivity index (χ0) is 20.8. The van der Waals surface area contributed by atoms with Crippen LogP contribution in [0.2, 0.25) is 0 Å². The van der Waals surface area contributed by atoms with Gasteiger partial charge >= 0.3 is 5.97 Å². The molecule has 0 saturated carbocycles. The van der Waals surface area contributed by atoms with Gasteiger partial charge in [0.1, 0.15) is 11.8 Å². The van der Waals surface area contributed by atoms with Gasteiger partial charge in [0.05, 0.1) is 18.6 Å². The fourth-order valence-electron chi connectivity index (χ4n) is 2.43. The van der Waals surface area contributed by atoms with Crippen molar-refractivity contribution < 1.29 is 24.0 Å². The molecule has 0 aliphatic rings. The molecule has 0 aliphatic heterocycles. The number of ketones is 1. The molecule has 11 nitrogen and oxygen atoms in total. The summed E-state index contributed by atoms with van der Waals surface area (Å²) in [5, 5.41) is 12.8. The van der Waals surface area contributed by atoms with Crippen molar-refractivity contribution >= 4 is 17.7 Å². The lowest BCUT2D eigenvalue weighted by Crippen LogP contribution is -2.44. The number of H-pyrrole nitrogens is 1. The van der Waals surface area contributed by atoms with Gasteiger partial charge in [-0.3, -0.25) is 19.7 Å². The molecular weight excluding hydrogens is 370 g/mol. The molecule has 1 amide bonds. The molecule has 0 aliphatic carbocycles. The smallest absolute Gasteiger partial charge is 0.329 e. The highest BCUT2D eigenvalue weighted by molar-refractivity contribution is 5.84. The van der Waals surface area contributed by atoms with Gasteiger partial charge < -0.3 is 20.8 Å². The van der Waals surface area contributed by atoms with Crippen LogP contribution in [0, 0.1) is 10.1 Å². The largest absolute Gasteiger partial charge is 0.464 e. The third-order valence-corrected chi connectivity index (χ3v) is 3.85. The number of aromatic amines is 1. The van der Waals surface area contributed by atoms with Crippen LogP contribution in [0.5, 0.6) is 0 Å². The maximum absolute atomic E-state index is 12.3. The molecule has 1 unspecified atom stereocenters. The van der Waals surface area contributed by atoms with E-state index < -0.39 is 16.9 Å². The van der Waals surface area contributed by atoms with Gasteiger partial charge in [0.25, 0.3) is 0 Å². The van der Waals surface area contributed by atoms with Crippen molar-refractivity contribution in [3.63, 3.8) is 0 Å². The van der Waals surface area contributed by atoms with E-state index in [1.165, 1.54) is 6.33 Å². The number of hydrogen-bond acceptors (Lipinski definition) is 8. The molecule has 11 heteroatoms. The lowest BCUT2D eigenvalue weighted by molar-refractivity contribution is -0.480. The van der Waals surface area contributed by atoms with Crippen molar-refractivity contribution in [1.29, 1.82) is 0 Å². The van der Waals surface area contributed by atoms with Crippen molar-refractivity contribution in [2.75, 3.05) is 19.7 Å². The molecule has 1 heterocycles. The van der Waals surface area contributed by atoms with Gasteiger partial charge in [-0.15, -0.1) is 0 Å². The van der Waals surface area contributed by atoms with Gasteiger partial charge in [-0.2, -0.15) is 0 Å². The van der Waals surface area contributed by atoms with Crippen molar-refractivity contribution in [2.24, 2.45) is 5.73 Å². The minimum atomic E-state index is -0.869. The van der Waals surface area contributed by atoms with Crippen LogP contribution < -0.4 is 11.1 Å². The Balaban J connectivity index is 2.32. The molecule has 0 fully saturated rings. The quantitative estimate of drug-likeness (QED) is 0.162. The molecule has 156 valence electrons. The Morgan fingerprint density at radius 3 is 2.64 bits per heavy atom. The number of nitrogens with zero attached hydrogens (tertiary/aromatic N) is 2. The van der Waals surface area contributed by atoms with Crippen LogP contribution in [0.25, 0.3) is 0 Å². The van der Waals surface area contributed by atoms with Crippen LogP contribution in [0.3, 0.4) is 0 Å². The Kier molecular flexibility index (Phi) is 11.1. The van der Waals surface area contributed by atoms with E-state index in [0.717, 1.165) is 0 Å². The second kappa shape index (κ2) is 13.4. The van der Waals surface area contributed by atoms with E-state index in [-0.39, 0.29) is 57.1 Å². The Bertz CT molecular complexity index is 634. The molecule has 4 N–H and O–H groups in total. The molecule has 28 heavy (non-hydrogen) atoms. The Hall–Kier alpha value is -2.82. The second-order valence-corrected chi connectivity index (χ2v) is 6.25. The number of carbonyl (C=O) groups excluding carboxylic acids is 3. The van der Waals surface area contributed by atoms with E-state index in [9.17, 15) is 24.5 Å². The van der Waals surface area contributed by atoms with Crippen LogP contribution in [0.1, 0.15) is 44.2 Å². The summed E-state index contributed by atoms with van der Waals surface area (Å²) in [4.78, 5) is 52.2. The number of ether oxygens (including phenoxy) is 1. The highest BCUT2D eigenvalue weighted by Crippen LogP contribution is 2.05. The second-order valence-electron chi connectivity index (χ2n) is 6.25. The Morgan fingerprint density at radius 2 is 2.00 bits per heavy atom. The Labute approximate surface area is 162 Å². The van der Waals surface area contributed by atoms with E-state index in [1.54, 1.807) is 6.20 Å². The molecule has 0 radical (unpaired) electrons. The van der Waals surface area contributed by atoms with E-state index in [0.29, 0.717) is 25.0 Å². The van der Waals surface area contributed by atoms with Crippen LogP contribution in [-0.4, -0.2) is 58.3 Å². The molecule has 0 bridgehead atoms. The number of esters is 1. The fourth-order valence-corrected chi connectivity index (χ4v) is 2.43. The van der Waals surface area contributed by atoms with E-state index >= 15 is 0 Å². The number of nitro groups is 1. The van der Waals surface area contributed by atoms with Gasteiger partial charge in [-0.1, -0.05) is 0 Å². The number of aromatic nitrogens is 2. The Morgan fingerprint density at radius 1 is 1.25 bits per heavy atom. The SMILES string of the molecule is NCCC(=O)NC(Cc1c[nH]cn1)C(=O)OCCCCC(=O)CCC[N+](=O)[O-]. The van der Waals surface area contributed by atoms with Gasteiger partial charge in [0, 0.05) is 49.8 Å². The van der Waals surface area contributed by atoms with Crippen LogP contribution >= 0.6 is 0 Å². The van der Waals surface area contributed by atoms with Gasteiger partial charge in [-0.05, 0) is 12.8 Å². The standard InChI is InChI=1S/C17H27N5O6/c18-7-6-16(24)21-15(10-13-11-19-12-20-13)17(25)28-9-2-1-4-14(23)5-3-8-22(26)27/h11-12,15H,1-10,18H2,(H,19,20)(H,21,24). The van der Waals surface area contributed by atoms with Crippen molar-refractivity contribution in [3.05, 3.63) is 28.3 Å². The summed E-state index contributed by atoms with van der Waals surface area (Å²) >= 11 is 0. The first kappa shape index (κ1) is 23.2. The molecule has 1 atom stereocenters. The zero-order valence-corrected chi connectivity index (χ0v) is 15.7.